The number of carbonyl (C=O) groups excluding carboxylic acids is 1. The van der Waals surface area contributed by atoms with Gasteiger partial charge in [-0.2, -0.15) is 5.26 Å². The summed E-state index contributed by atoms with van der Waals surface area (Å²) in [5, 5.41) is 12.1. The minimum atomic E-state index is 0.478. The summed E-state index contributed by atoms with van der Waals surface area (Å²) < 4.78 is 0. The lowest BCUT2D eigenvalue weighted by molar-refractivity contribution is 0.112. The molecule has 0 spiro atoms. The largest absolute Gasteiger partial charge is 0.298 e. The number of thioether (sulfide) groups is 1. The SMILES string of the molecule is CCCCc1ccc2nc(SC#N)c(C=O)cc2c1. The van der Waals surface area contributed by atoms with E-state index in [0.717, 1.165) is 48.2 Å². The van der Waals surface area contributed by atoms with Gasteiger partial charge in [-0.3, -0.25) is 4.79 Å². The molecule has 1 aromatic heterocycles. The predicted molar refractivity (Wildman–Crippen MR) is 77.2 cm³/mol. The van der Waals surface area contributed by atoms with Crippen LogP contribution < -0.4 is 0 Å². The summed E-state index contributed by atoms with van der Waals surface area (Å²) in [7, 11) is 0. The van der Waals surface area contributed by atoms with Crippen LogP contribution in [0, 0.1) is 10.7 Å². The Kier molecular flexibility index (Phi) is 4.53. The number of pyridine rings is 1. The summed E-state index contributed by atoms with van der Waals surface area (Å²) >= 11 is 0.923. The Hall–Kier alpha value is -1.86. The van der Waals surface area contributed by atoms with Gasteiger partial charge >= 0.3 is 0 Å². The van der Waals surface area contributed by atoms with Crippen molar-refractivity contribution in [3.05, 3.63) is 35.4 Å². The van der Waals surface area contributed by atoms with Crippen LogP contribution >= 0.6 is 11.8 Å². The molecule has 0 radical (unpaired) electrons. The number of hydrogen-bond donors (Lipinski definition) is 0. The van der Waals surface area contributed by atoms with Gasteiger partial charge < -0.3 is 0 Å². The molecule has 96 valence electrons. The number of aryl methyl sites for hydroxylation is 1. The van der Waals surface area contributed by atoms with E-state index < -0.39 is 0 Å². The molecule has 2 aromatic rings. The number of carbonyl (C=O) groups is 1. The van der Waals surface area contributed by atoms with Crippen molar-refractivity contribution in [1.29, 1.82) is 5.26 Å². The van der Waals surface area contributed by atoms with Crippen LogP contribution in [0.4, 0.5) is 0 Å². The summed E-state index contributed by atoms with van der Waals surface area (Å²) in [5.41, 5.74) is 2.56. The second kappa shape index (κ2) is 6.35. The van der Waals surface area contributed by atoms with Crippen molar-refractivity contribution >= 4 is 29.0 Å². The number of fused-ring (bicyclic) bond motifs is 1. The molecule has 2 rings (SSSR count). The van der Waals surface area contributed by atoms with Crippen molar-refractivity contribution in [3.8, 4) is 5.40 Å². The topological polar surface area (TPSA) is 53.8 Å². The van der Waals surface area contributed by atoms with Gasteiger partial charge in [0.1, 0.15) is 10.4 Å². The van der Waals surface area contributed by atoms with Crippen LogP contribution in [-0.4, -0.2) is 11.3 Å². The van der Waals surface area contributed by atoms with Crippen LogP contribution in [0.15, 0.2) is 29.3 Å². The van der Waals surface area contributed by atoms with Gasteiger partial charge in [-0.1, -0.05) is 19.4 Å². The molecular formula is C15H14N2OS. The Bertz CT molecular complexity index is 646. The molecule has 19 heavy (non-hydrogen) atoms. The van der Waals surface area contributed by atoms with Crippen molar-refractivity contribution in [2.24, 2.45) is 0 Å². The Morgan fingerprint density at radius 1 is 1.42 bits per heavy atom. The van der Waals surface area contributed by atoms with Gasteiger partial charge in [0.25, 0.3) is 0 Å². The Morgan fingerprint density at radius 3 is 2.95 bits per heavy atom. The third-order valence-corrected chi connectivity index (χ3v) is 3.57. The summed E-state index contributed by atoms with van der Waals surface area (Å²) in [5.74, 6) is 0. The zero-order chi connectivity index (χ0) is 13.7. The lowest BCUT2D eigenvalue weighted by Crippen LogP contribution is -1.92. The van der Waals surface area contributed by atoms with Gasteiger partial charge in [-0.15, -0.1) is 0 Å². The van der Waals surface area contributed by atoms with E-state index >= 15 is 0 Å². The average molecular weight is 270 g/mol. The highest BCUT2D eigenvalue weighted by molar-refractivity contribution is 8.03. The molecule has 1 heterocycles. The first kappa shape index (κ1) is 13.6. The minimum absolute atomic E-state index is 0.478. The maximum absolute atomic E-state index is 11.0. The Morgan fingerprint density at radius 2 is 2.26 bits per heavy atom. The van der Waals surface area contributed by atoms with Gasteiger partial charge in [0.05, 0.1) is 5.52 Å². The van der Waals surface area contributed by atoms with E-state index in [1.54, 1.807) is 0 Å². The number of benzene rings is 1. The predicted octanol–water partition coefficient (Wildman–Crippen LogP) is 3.96. The number of nitrogens with zero attached hydrogens (tertiary/aromatic N) is 2. The van der Waals surface area contributed by atoms with Gasteiger partial charge in [0, 0.05) is 22.7 Å². The van der Waals surface area contributed by atoms with Crippen LogP contribution in [-0.2, 0) is 6.42 Å². The highest BCUT2D eigenvalue weighted by Gasteiger charge is 2.07. The number of rotatable bonds is 5. The second-order valence-electron chi connectivity index (χ2n) is 4.32. The first-order valence-electron chi connectivity index (χ1n) is 6.23. The van der Waals surface area contributed by atoms with Gasteiger partial charge in [-0.05, 0) is 36.6 Å². The molecule has 0 atom stereocenters. The summed E-state index contributed by atoms with van der Waals surface area (Å²) in [6, 6.07) is 7.90. The average Bonchev–Trinajstić information content (AvgIpc) is 2.44. The standard InChI is InChI=1S/C15H14N2OS/c1-2-3-4-11-5-6-14-12(7-11)8-13(9-18)15(17-14)19-10-16/h5-9H,2-4H2,1H3. The van der Waals surface area contributed by atoms with E-state index in [9.17, 15) is 4.79 Å². The summed E-state index contributed by atoms with van der Waals surface area (Å²) in [6.07, 6.45) is 4.11. The zero-order valence-corrected chi connectivity index (χ0v) is 11.5. The molecule has 0 unspecified atom stereocenters. The smallest absolute Gasteiger partial charge is 0.152 e. The number of unbranched alkanes of at least 4 members (excludes halogenated alkanes) is 1. The molecule has 0 fully saturated rings. The molecule has 0 amide bonds. The lowest BCUT2D eigenvalue weighted by Gasteiger charge is -2.05. The maximum Gasteiger partial charge on any atom is 0.152 e. The van der Waals surface area contributed by atoms with Crippen LogP contribution in [0.1, 0.15) is 35.7 Å². The van der Waals surface area contributed by atoms with Gasteiger partial charge in [0.2, 0.25) is 0 Å². The summed E-state index contributed by atoms with van der Waals surface area (Å²) in [6.45, 7) is 2.17. The molecule has 1 aromatic carbocycles. The summed E-state index contributed by atoms with van der Waals surface area (Å²) in [4.78, 5) is 15.4. The van der Waals surface area contributed by atoms with Gasteiger partial charge in [0.15, 0.2) is 6.29 Å². The van der Waals surface area contributed by atoms with E-state index in [2.05, 4.69) is 24.0 Å². The third kappa shape index (κ3) is 3.12. The Balaban J connectivity index is 2.46. The number of nitriles is 1. The number of hydrogen-bond acceptors (Lipinski definition) is 4. The van der Waals surface area contributed by atoms with Crippen molar-refractivity contribution in [2.75, 3.05) is 0 Å². The van der Waals surface area contributed by atoms with Crippen molar-refractivity contribution in [1.82, 2.24) is 4.98 Å². The molecule has 0 saturated heterocycles. The highest BCUT2D eigenvalue weighted by atomic mass is 32.2. The first-order valence-corrected chi connectivity index (χ1v) is 7.05. The van der Waals surface area contributed by atoms with Gasteiger partial charge in [-0.25, -0.2) is 4.98 Å². The van der Waals surface area contributed by atoms with E-state index in [1.807, 2.05) is 17.5 Å². The molecule has 0 aliphatic heterocycles. The molecule has 0 aliphatic rings. The fraction of sp³-hybridized carbons (Fsp3) is 0.267. The lowest BCUT2D eigenvalue weighted by atomic mass is 10.0. The van der Waals surface area contributed by atoms with E-state index in [-0.39, 0.29) is 0 Å². The van der Waals surface area contributed by atoms with Crippen LogP contribution in [0.3, 0.4) is 0 Å². The minimum Gasteiger partial charge on any atom is -0.298 e. The number of aldehydes is 1. The van der Waals surface area contributed by atoms with Crippen LogP contribution in [0.2, 0.25) is 0 Å². The molecule has 4 heteroatoms. The van der Waals surface area contributed by atoms with Crippen molar-refractivity contribution in [2.45, 2.75) is 31.2 Å². The molecule has 0 aliphatic carbocycles. The van der Waals surface area contributed by atoms with E-state index in [1.165, 1.54) is 5.56 Å². The monoisotopic (exact) mass is 270 g/mol. The highest BCUT2D eigenvalue weighted by Crippen LogP contribution is 2.24. The van der Waals surface area contributed by atoms with Crippen molar-refractivity contribution < 1.29 is 4.79 Å². The van der Waals surface area contributed by atoms with Crippen molar-refractivity contribution in [3.63, 3.8) is 0 Å². The van der Waals surface area contributed by atoms with E-state index in [0.29, 0.717) is 10.6 Å². The number of thiocyanates is 1. The van der Waals surface area contributed by atoms with E-state index in [4.69, 9.17) is 5.26 Å². The van der Waals surface area contributed by atoms with Crippen LogP contribution in [0.25, 0.3) is 10.9 Å². The quantitative estimate of drug-likeness (QED) is 0.469. The number of aromatic nitrogens is 1. The van der Waals surface area contributed by atoms with Crippen LogP contribution in [0.5, 0.6) is 0 Å². The third-order valence-electron chi connectivity index (χ3n) is 2.96. The molecule has 0 N–H and O–H groups in total. The molecule has 3 nitrogen and oxygen atoms in total. The maximum atomic E-state index is 11.0. The second-order valence-corrected chi connectivity index (χ2v) is 5.10. The zero-order valence-electron chi connectivity index (χ0n) is 10.7. The normalized spacial score (nSPS) is 10.3. The fourth-order valence-electron chi connectivity index (χ4n) is 1.97. The Labute approximate surface area is 116 Å². The fourth-order valence-corrected chi connectivity index (χ4v) is 2.43. The first-order chi connectivity index (χ1) is 9.28. The molecule has 0 saturated carbocycles. The molecular weight excluding hydrogens is 256 g/mol. The molecule has 0 bridgehead atoms.